The molecule has 3 heterocycles. The van der Waals surface area contributed by atoms with Gasteiger partial charge in [-0.05, 0) is 44.9 Å². The Bertz CT molecular complexity index is 620. The Hall–Kier alpha value is -1.61. The van der Waals surface area contributed by atoms with Gasteiger partial charge in [-0.25, -0.2) is 0 Å². The molecule has 1 aromatic heterocycles. The van der Waals surface area contributed by atoms with Crippen LogP contribution in [0.3, 0.4) is 0 Å². The number of nitrogens with zero attached hydrogens (tertiary/aromatic N) is 2. The summed E-state index contributed by atoms with van der Waals surface area (Å²) in [6.45, 7) is 0. The highest BCUT2D eigenvalue weighted by Crippen LogP contribution is 2.34. The molecule has 2 aliphatic heterocycles. The molecule has 1 N–H and O–H groups in total. The molecule has 0 aliphatic carbocycles. The Morgan fingerprint density at radius 1 is 1.10 bits per heavy atom. The van der Waals surface area contributed by atoms with E-state index in [1.807, 2.05) is 6.20 Å². The number of piperidine rings is 2. The van der Waals surface area contributed by atoms with Gasteiger partial charge in [0, 0.05) is 35.4 Å². The van der Waals surface area contributed by atoms with Crippen LogP contribution in [-0.2, 0) is 0 Å². The number of hydrogen-bond acceptors (Lipinski definition) is 3. The lowest BCUT2D eigenvalue weighted by molar-refractivity contribution is 0.0609. The molecule has 110 valence electrons. The minimum atomic E-state index is 0.599. The molecule has 0 saturated carbocycles. The summed E-state index contributed by atoms with van der Waals surface area (Å²) < 4.78 is 0. The zero-order valence-corrected chi connectivity index (χ0v) is 12.6. The molecule has 2 unspecified atom stereocenters. The van der Waals surface area contributed by atoms with Crippen molar-refractivity contribution in [1.82, 2.24) is 9.88 Å². The van der Waals surface area contributed by atoms with Crippen LogP contribution in [-0.4, -0.2) is 35.1 Å². The normalized spacial score (nSPS) is 29.5. The van der Waals surface area contributed by atoms with Gasteiger partial charge in [0.2, 0.25) is 0 Å². The quantitative estimate of drug-likeness (QED) is 0.910. The summed E-state index contributed by atoms with van der Waals surface area (Å²) in [6.07, 6.45) is 8.59. The van der Waals surface area contributed by atoms with Crippen LogP contribution in [0.2, 0.25) is 0 Å². The Kier molecular flexibility index (Phi) is 3.30. The van der Waals surface area contributed by atoms with E-state index >= 15 is 0 Å². The molecule has 2 atom stereocenters. The molecule has 1 aromatic carbocycles. The van der Waals surface area contributed by atoms with E-state index in [2.05, 4.69) is 52.6 Å². The van der Waals surface area contributed by atoms with Gasteiger partial charge in [0.15, 0.2) is 0 Å². The number of pyridine rings is 1. The molecule has 2 bridgehead atoms. The maximum Gasteiger partial charge on any atom is 0.0722 e. The van der Waals surface area contributed by atoms with Crippen molar-refractivity contribution in [3.63, 3.8) is 0 Å². The molecule has 0 spiro atoms. The number of hydrogen-bond donors (Lipinski definition) is 1. The third-order valence-corrected chi connectivity index (χ3v) is 5.35. The highest BCUT2D eigenvalue weighted by molar-refractivity contribution is 5.90. The maximum atomic E-state index is 4.46. The van der Waals surface area contributed by atoms with Crippen molar-refractivity contribution in [1.29, 1.82) is 0 Å². The minimum Gasteiger partial charge on any atom is -0.382 e. The number of benzene rings is 1. The number of rotatable bonds is 2. The van der Waals surface area contributed by atoms with Crippen molar-refractivity contribution < 1.29 is 0 Å². The third-order valence-electron chi connectivity index (χ3n) is 5.35. The summed E-state index contributed by atoms with van der Waals surface area (Å²) in [5, 5.41) is 5.05. The smallest absolute Gasteiger partial charge is 0.0722 e. The van der Waals surface area contributed by atoms with Crippen LogP contribution in [0.25, 0.3) is 10.9 Å². The second kappa shape index (κ2) is 5.30. The molecular formula is C18H23N3. The van der Waals surface area contributed by atoms with Crippen LogP contribution in [0.15, 0.2) is 36.5 Å². The van der Waals surface area contributed by atoms with Gasteiger partial charge in [-0.1, -0.05) is 24.6 Å². The molecule has 21 heavy (non-hydrogen) atoms. The van der Waals surface area contributed by atoms with Gasteiger partial charge in [-0.2, -0.15) is 0 Å². The monoisotopic (exact) mass is 281 g/mol. The molecule has 4 rings (SSSR count). The number of aromatic nitrogens is 1. The molecule has 3 heteroatoms. The van der Waals surface area contributed by atoms with Crippen molar-refractivity contribution in [3.05, 3.63) is 36.5 Å². The van der Waals surface area contributed by atoms with Crippen LogP contribution in [0, 0.1) is 0 Å². The predicted molar refractivity (Wildman–Crippen MR) is 87.6 cm³/mol. The van der Waals surface area contributed by atoms with Gasteiger partial charge in [0.05, 0.1) is 5.52 Å². The topological polar surface area (TPSA) is 28.2 Å². The van der Waals surface area contributed by atoms with Crippen LogP contribution < -0.4 is 5.32 Å². The van der Waals surface area contributed by atoms with Crippen molar-refractivity contribution >= 4 is 16.6 Å². The summed E-state index contributed by atoms with van der Waals surface area (Å²) in [5.74, 6) is 0. The molecular weight excluding hydrogens is 258 g/mol. The number of anilines is 1. The van der Waals surface area contributed by atoms with E-state index in [9.17, 15) is 0 Å². The zero-order chi connectivity index (χ0) is 14.2. The average Bonchev–Trinajstić information content (AvgIpc) is 2.49. The molecule has 0 radical (unpaired) electrons. The Balaban J connectivity index is 1.58. The predicted octanol–water partition coefficient (Wildman–Crippen LogP) is 3.66. The highest BCUT2D eigenvalue weighted by atomic mass is 15.2. The second-order valence-corrected chi connectivity index (χ2v) is 6.59. The Morgan fingerprint density at radius 3 is 2.67 bits per heavy atom. The first-order chi connectivity index (χ1) is 10.3. The molecule has 2 saturated heterocycles. The van der Waals surface area contributed by atoms with E-state index in [0.29, 0.717) is 6.04 Å². The summed E-state index contributed by atoms with van der Waals surface area (Å²) in [5.41, 5.74) is 2.32. The van der Waals surface area contributed by atoms with Crippen molar-refractivity contribution in [3.8, 4) is 0 Å². The first-order valence-electron chi connectivity index (χ1n) is 8.13. The van der Waals surface area contributed by atoms with E-state index in [1.165, 1.54) is 43.2 Å². The highest BCUT2D eigenvalue weighted by Gasteiger charge is 2.35. The van der Waals surface area contributed by atoms with Crippen molar-refractivity contribution in [2.45, 2.75) is 50.2 Å². The van der Waals surface area contributed by atoms with E-state index in [1.54, 1.807) is 0 Å². The number of para-hydroxylation sites is 1. The lowest BCUT2D eigenvalue weighted by Crippen LogP contribution is -2.52. The maximum absolute atomic E-state index is 4.46. The van der Waals surface area contributed by atoms with E-state index in [4.69, 9.17) is 0 Å². The summed E-state index contributed by atoms with van der Waals surface area (Å²) >= 11 is 0. The molecule has 2 aromatic rings. The van der Waals surface area contributed by atoms with Crippen LogP contribution >= 0.6 is 0 Å². The molecule has 2 fully saturated rings. The van der Waals surface area contributed by atoms with E-state index in [-0.39, 0.29) is 0 Å². The van der Waals surface area contributed by atoms with Gasteiger partial charge in [0.1, 0.15) is 0 Å². The SMILES string of the molecule is CN1C2CCCC1CC(Nc1ccnc3ccccc13)C2. The Labute approximate surface area is 126 Å². The standard InChI is InChI=1S/C18H23N3/c1-21-14-5-4-6-15(21)12-13(11-14)20-18-9-10-19-17-8-3-2-7-16(17)18/h2-3,7-10,13-15H,4-6,11-12H2,1H3,(H,19,20). The number of nitrogens with one attached hydrogen (secondary N) is 1. The lowest BCUT2D eigenvalue weighted by atomic mass is 9.82. The lowest BCUT2D eigenvalue weighted by Gasteiger charge is -2.47. The third kappa shape index (κ3) is 2.40. The molecule has 2 aliphatic rings. The number of fused-ring (bicyclic) bond motifs is 3. The molecule has 0 amide bonds. The fourth-order valence-corrected chi connectivity index (χ4v) is 4.18. The first-order valence-corrected chi connectivity index (χ1v) is 8.13. The summed E-state index contributed by atoms with van der Waals surface area (Å²) in [6, 6.07) is 12.7. The van der Waals surface area contributed by atoms with Crippen molar-refractivity contribution in [2.75, 3.05) is 12.4 Å². The van der Waals surface area contributed by atoms with Gasteiger partial charge in [-0.3, -0.25) is 4.98 Å². The van der Waals surface area contributed by atoms with Crippen LogP contribution in [0.5, 0.6) is 0 Å². The van der Waals surface area contributed by atoms with Gasteiger partial charge in [-0.15, -0.1) is 0 Å². The van der Waals surface area contributed by atoms with Crippen LogP contribution in [0.4, 0.5) is 5.69 Å². The fraction of sp³-hybridized carbons (Fsp3) is 0.500. The van der Waals surface area contributed by atoms with Crippen molar-refractivity contribution in [2.24, 2.45) is 0 Å². The van der Waals surface area contributed by atoms with Gasteiger partial charge >= 0.3 is 0 Å². The summed E-state index contributed by atoms with van der Waals surface area (Å²) in [7, 11) is 2.31. The second-order valence-electron chi connectivity index (χ2n) is 6.59. The minimum absolute atomic E-state index is 0.599. The summed E-state index contributed by atoms with van der Waals surface area (Å²) in [4.78, 5) is 7.07. The molecule has 3 nitrogen and oxygen atoms in total. The Morgan fingerprint density at radius 2 is 1.86 bits per heavy atom. The fourth-order valence-electron chi connectivity index (χ4n) is 4.18. The largest absolute Gasteiger partial charge is 0.382 e. The van der Waals surface area contributed by atoms with Gasteiger partial charge in [0.25, 0.3) is 0 Å². The first kappa shape index (κ1) is 13.1. The average molecular weight is 281 g/mol. The van der Waals surface area contributed by atoms with E-state index in [0.717, 1.165) is 17.6 Å². The van der Waals surface area contributed by atoms with Gasteiger partial charge < -0.3 is 10.2 Å². The van der Waals surface area contributed by atoms with Crippen LogP contribution in [0.1, 0.15) is 32.1 Å². The van der Waals surface area contributed by atoms with E-state index < -0.39 is 0 Å². The zero-order valence-electron chi connectivity index (χ0n) is 12.6.